The Morgan fingerprint density at radius 3 is 2.33 bits per heavy atom. The van der Waals surface area contributed by atoms with Gasteiger partial charge in [-0.25, -0.2) is 4.39 Å². The van der Waals surface area contributed by atoms with Gasteiger partial charge in [0.1, 0.15) is 5.82 Å². The van der Waals surface area contributed by atoms with Gasteiger partial charge in [-0.1, -0.05) is 32.0 Å². The summed E-state index contributed by atoms with van der Waals surface area (Å²) in [5.74, 6) is -0.956. The third-order valence-corrected chi connectivity index (χ3v) is 3.25. The van der Waals surface area contributed by atoms with Crippen LogP contribution in [0.25, 0.3) is 0 Å². The number of carbonyl (C=O) groups excluding carboxylic acids is 2. The second-order valence-corrected chi connectivity index (χ2v) is 5.61. The maximum Gasteiger partial charge on any atom is 0.243 e. The van der Waals surface area contributed by atoms with E-state index in [4.69, 9.17) is 0 Å². The fraction of sp³-hybridized carbons (Fsp3) is 0.222. The number of rotatable bonds is 6. The second kappa shape index (κ2) is 8.10. The Bertz CT molecular complexity index is 732. The van der Waals surface area contributed by atoms with Gasteiger partial charge in [0.05, 0.1) is 12.2 Å². The first-order valence-corrected chi connectivity index (χ1v) is 7.65. The van der Waals surface area contributed by atoms with Crippen molar-refractivity contribution in [1.82, 2.24) is 0 Å². The van der Waals surface area contributed by atoms with Crippen LogP contribution >= 0.6 is 0 Å². The molecule has 0 aliphatic carbocycles. The first kappa shape index (κ1) is 17.5. The molecule has 2 amide bonds. The molecule has 6 heteroatoms. The molecule has 0 heterocycles. The zero-order valence-electron chi connectivity index (χ0n) is 13.6. The molecule has 0 radical (unpaired) electrons. The Morgan fingerprint density at radius 1 is 1.00 bits per heavy atom. The fourth-order valence-corrected chi connectivity index (χ4v) is 1.95. The van der Waals surface area contributed by atoms with Crippen LogP contribution in [0.1, 0.15) is 13.8 Å². The van der Waals surface area contributed by atoms with E-state index >= 15 is 0 Å². The second-order valence-electron chi connectivity index (χ2n) is 5.61. The number of nitrogens with one attached hydrogen (secondary N) is 3. The number of anilines is 3. The monoisotopic (exact) mass is 329 g/mol. The Kier molecular flexibility index (Phi) is 5.89. The number of benzene rings is 2. The lowest BCUT2D eigenvalue weighted by molar-refractivity contribution is -0.119. The Labute approximate surface area is 140 Å². The highest BCUT2D eigenvalue weighted by atomic mass is 19.1. The first-order valence-electron chi connectivity index (χ1n) is 7.65. The van der Waals surface area contributed by atoms with Crippen molar-refractivity contribution in [3.8, 4) is 0 Å². The third-order valence-electron chi connectivity index (χ3n) is 3.25. The van der Waals surface area contributed by atoms with E-state index in [0.29, 0.717) is 11.4 Å². The molecule has 0 unspecified atom stereocenters. The summed E-state index contributed by atoms with van der Waals surface area (Å²) in [5, 5.41) is 8.20. The maximum atomic E-state index is 13.5. The highest BCUT2D eigenvalue weighted by Crippen LogP contribution is 2.16. The maximum absolute atomic E-state index is 13.5. The molecule has 0 aromatic heterocycles. The molecule has 2 aromatic carbocycles. The molecule has 0 saturated carbocycles. The van der Waals surface area contributed by atoms with Gasteiger partial charge in [-0.2, -0.15) is 0 Å². The summed E-state index contributed by atoms with van der Waals surface area (Å²) in [6, 6.07) is 13.0. The van der Waals surface area contributed by atoms with E-state index in [1.54, 1.807) is 56.3 Å². The van der Waals surface area contributed by atoms with Crippen molar-refractivity contribution in [2.45, 2.75) is 13.8 Å². The Morgan fingerprint density at radius 2 is 1.67 bits per heavy atom. The van der Waals surface area contributed by atoms with Gasteiger partial charge >= 0.3 is 0 Å². The van der Waals surface area contributed by atoms with Gasteiger partial charge in [-0.05, 0) is 30.3 Å². The molecule has 2 rings (SSSR count). The van der Waals surface area contributed by atoms with Crippen molar-refractivity contribution in [2.24, 2.45) is 5.92 Å². The molecule has 0 aliphatic heterocycles. The van der Waals surface area contributed by atoms with E-state index in [2.05, 4.69) is 16.0 Å². The van der Waals surface area contributed by atoms with Crippen LogP contribution in [0.4, 0.5) is 21.5 Å². The van der Waals surface area contributed by atoms with Crippen molar-refractivity contribution < 1.29 is 14.0 Å². The summed E-state index contributed by atoms with van der Waals surface area (Å²) in [5.41, 5.74) is 1.43. The van der Waals surface area contributed by atoms with E-state index in [1.165, 1.54) is 6.07 Å². The molecule has 126 valence electrons. The largest absolute Gasteiger partial charge is 0.374 e. The molecule has 0 aliphatic rings. The van der Waals surface area contributed by atoms with E-state index < -0.39 is 5.82 Å². The van der Waals surface area contributed by atoms with Gasteiger partial charge in [0, 0.05) is 17.3 Å². The number of hydrogen-bond donors (Lipinski definition) is 3. The van der Waals surface area contributed by atoms with Gasteiger partial charge in [0.25, 0.3) is 0 Å². The van der Waals surface area contributed by atoms with Crippen LogP contribution in [-0.4, -0.2) is 18.4 Å². The molecule has 0 saturated heterocycles. The molecule has 5 nitrogen and oxygen atoms in total. The van der Waals surface area contributed by atoms with Crippen LogP contribution in [0.2, 0.25) is 0 Å². The van der Waals surface area contributed by atoms with E-state index in [-0.39, 0.29) is 30.0 Å². The standard InChI is InChI=1S/C18H20FN3O2/c1-12(2)18(24)22-14-7-5-6-13(10-14)21-17(23)11-20-16-9-4-3-8-15(16)19/h3-10,12,20H,11H2,1-2H3,(H,21,23)(H,22,24). The smallest absolute Gasteiger partial charge is 0.243 e. The summed E-state index contributed by atoms with van der Waals surface area (Å²) < 4.78 is 13.5. The van der Waals surface area contributed by atoms with Gasteiger partial charge in [0.2, 0.25) is 11.8 Å². The molecule has 3 N–H and O–H groups in total. The average Bonchev–Trinajstić information content (AvgIpc) is 2.54. The SMILES string of the molecule is CC(C)C(=O)Nc1cccc(NC(=O)CNc2ccccc2F)c1. The number of halogens is 1. The Balaban J connectivity index is 1.92. The summed E-state index contributed by atoms with van der Waals surface area (Å²) in [4.78, 5) is 23.6. The average molecular weight is 329 g/mol. The minimum Gasteiger partial charge on any atom is -0.374 e. The number of amides is 2. The molecule has 2 aromatic rings. The van der Waals surface area contributed by atoms with Crippen molar-refractivity contribution in [3.05, 3.63) is 54.3 Å². The van der Waals surface area contributed by atoms with Crippen molar-refractivity contribution in [1.29, 1.82) is 0 Å². The summed E-state index contributed by atoms with van der Waals surface area (Å²) in [7, 11) is 0. The molecular formula is C18H20FN3O2. The van der Waals surface area contributed by atoms with Gasteiger partial charge in [-0.15, -0.1) is 0 Å². The highest BCUT2D eigenvalue weighted by molar-refractivity contribution is 5.96. The van der Waals surface area contributed by atoms with Crippen LogP contribution in [0.3, 0.4) is 0 Å². The Hall–Kier alpha value is -2.89. The number of para-hydroxylation sites is 1. The summed E-state index contributed by atoms with van der Waals surface area (Å²) >= 11 is 0. The van der Waals surface area contributed by atoms with E-state index in [0.717, 1.165) is 0 Å². The summed E-state index contributed by atoms with van der Waals surface area (Å²) in [6.07, 6.45) is 0. The minimum absolute atomic E-state index is 0.0660. The number of hydrogen-bond acceptors (Lipinski definition) is 3. The predicted octanol–water partition coefficient (Wildman–Crippen LogP) is 3.47. The van der Waals surface area contributed by atoms with Crippen LogP contribution < -0.4 is 16.0 Å². The van der Waals surface area contributed by atoms with Crippen LogP contribution in [0.15, 0.2) is 48.5 Å². The predicted molar refractivity (Wildman–Crippen MR) is 93.4 cm³/mol. The fourth-order valence-electron chi connectivity index (χ4n) is 1.95. The zero-order chi connectivity index (χ0) is 17.5. The lowest BCUT2D eigenvalue weighted by Gasteiger charge is -2.11. The molecule has 0 bridgehead atoms. The molecular weight excluding hydrogens is 309 g/mol. The topological polar surface area (TPSA) is 70.2 Å². The molecule has 24 heavy (non-hydrogen) atoms. The summed E-state index contributed by atoms with van der Waals surface area (Å²) in [6.45, 7) is 3.54. The van der Waals surface area contributed by atoms with Crippen LogP contribution in [-0.2, 0) is 9.59 Å². The zero-order valence-corrected chi connectivity index (χ0v) is 13.6. The highest BCUT2D eigenvalue weighted by Gasteiger charge is 2.08. The van der Waals surface area contributed by atoms with Crippen LogP contribution in [0, 0.1) is 11.7 Å². The quantitative estimate of drug-likeness (QED) is 0.760. The lowest BCUT2D eigenvalue weighted by atomic mass is 10.2. The molecule has 0 fully saturated rings. The van der Waals surface area contributed by atoms with Crippen LogP contribution in [0.5, 0.6) is 0 Å². The van der Waals surface area contributed by atoms with Crippen molar-refractivity contribution in [2.75, 3.05) is 22.5 Å². The minimum atomic E-state index is -0.413. The van der Waals surface area contributed by atoms with E-state index in [9.17, 15) is 14.0 Å². The van der Waals surface area contributed by atoms with Crippen molar-refractivity contribution >= 4 is 28.9 Å². The third kappa shape index (κ3) is 5.08. The first-order chi connectivity index (χ1) is 11.5. The van der Waals surface area contributed by atoms with Gasteiger partial charge in [-0.3, -0.25) is 9.59 Å². The van der Waals surface area contributed by atoms with Gasteiger partial charge < -0.3 is 16.0 Å². The molecule has 0 spiro atoms. The lowest BCUT2D eigenvalue weighted by Crippen LogP contribution is -2.22. The normalized spacial score (nSPS) is 10.3. The molecule has 0 atom stereocenters. The van der Waals surface area contributed by atoms with Gasteiger partial charge in [0.15, 0.2) is 0 Å². The van der Waals surface area contributed by atoms with Crippen molar-refractivity contribution in [3.63, 3.8) is 0 Å². The number of carbonyl (C=O) groups is 2. The van der Waals surface area contributed by atoms with E-state index in [1.807, 2.05) is 0 Å².